The van der Waals surface area contributed by atoms with E-state index < -0.39 is 0 Å². The highest BCUT2D eigenvalue weighted by molar-refractivity contribution is 6.33. The van der Waals surface area contributed by atoms with E-state index in [-0.39, 0.29) is 0 Å². The van der Waals surface area contributed by atoms with Crippen LogP contribution in [0.5, 0.6) is 11.5 Å². The number of nitrogens with zero attached hydrogens (tertiary/aromatic N) is 5. The van der Waals surface area contributed by atoms with Crippen LogP contribution in [0.1, 0.15) is 5.89 Å². The number of para-hydroxylation sites is 1. The Morgan fingerprint density at radius 3 is 2.35 bits per heavy atom. The van der Waals surface area contributed by atoms with Gasteiger partial charge in [-0.15, -0.1) is 10.2 Å². The minimum absolute atomic E-state index is 0.328. The maximum Gasteiger partial charge on any atom is 0.249 e. The lowest BCUT2D eigenvalue weighted by Crippen LogP contribution is -2.02. The molecule has 6 aromatic rings. The largest absolute Gasteiger partial charge is 0.493 e. The van der Waals surface area contributed by atoms with Crippen molar-refractivity contribution in [3.8, 4) is 23.0 Å². The van der Waals surface area contributed by atoms with Crippen molar-refractivity contribution in [2.45, 2.75) is 6.54 Å². The van der Waals surface area contributed by atoms with Crippen molar-refractivity contribution in [2.24, 2.45) is 0 Å². The van der Waals surface area contributed by atoms with Gasteiger partial charge in [-0.2, -0.15) is 0 Å². The molecule has 0 atom stereocenters. The number of rotatable bonds is 5. The van der Waals surface area contributed by atoms with Crippen molar-refractivity contribution >= 4 is 44.7 Å². The molecule has 0 N–H and O–H groups in total. The number of aromatic nitrogens is 5. The molecule has 0 bridgehead atoms. The summed E-state index contributed by atoms with van der Waals surface area (Å²) in [5.74, 6) is 2.00. The zero-order valence-electron chi connectivity index (χ0n) is 18.3. The first-order valence-corrected chi connectivity index (χ1v) is 10.9. The first kappa shape index (κ1) is 20.4. The van der Waals surface area contributed by atoms with Crippen LogP contribution in [0.4, 0.5) is 0 Å². The lowest BCUT2D eigenvalue weighted by atomic mass is 10.2. The minimum Gasteiger partial charge on any atom is -0.493 e. The summed E-state index contributed by atoms with van der Waals surface area (Å²) in [4.78, 5) is 9.84. The van der Waals surface area contributed by atoms with Crippen molar-refractivity contribution in [3.63, 3.8) is 0 Å². The zero-order chi connectivity index (χ0) is 23.2. The van der Waals surface area contributed by atoms with Crippen LogP contribution < -0.4 is 9.47 Å². The molecule has 0 radical (unpaired) electrons. The molecule has 0 aliphatic heterocycles. The Balaban J connectivity index is 1.52. The second-order valence-electron chi connectivity index (χ2n) is 7.68. The number of methoxy groups -OCH3 is 2. The Morgan fingerprint density at radius 1 is 0.882 bits per heavy atom. The highest BCUT2D eigenvalue weighted by Gasteiger charge is 2.19. The Morgan fingerprint density at radius 2 is 1.59 bits per heavy atom. The van der Waals surface area contributed by atoms with Gasteiger partial charge in [0.05, 0.1) is 41.4 Å². The Kier molecular flexibility index (Phi) is 4.81. The number of hydrogen-bond donors (Lipinski definition) is 0. The minimum atomic E-state index is 0.328. The number of hydrogen-bond acceptors (Lipinski definition) is 7. The summed E-state index contributed by atoms with van der Waals surface area (Å²) in [6.07, 6.45) is 0. The fourth-order valence-electron chi connectivity index (χ4n) is 4.12. The maximum atomic E-state index is 6.30. The van der Waals surface area contributed by atoms with Gasteiger partial charge in [-0.3, -0.25) is 0 Å². The highest BCUT2D eigenvalue weighted by Crippen LogP contribution is 2.34. The van der Waals surface area contributed by atoms with Gasteiger partial charge in [0, 0.05) is 17.5 Å². The second-order valence-corrected chi connectivity index (χ2v) is 8.08. The molecule has 9 heteroatoms. The third-order valence-corrected chi connectivity index (χ3v) is 6.05. The van der Waals surface area contributed by atoms with E-state index in [4.69, 9.17) is 35.5 Å². The van der Waals surface area contributed by atoms with Gasteiger partial charge >= 0.3 is 0 Å². The molecule has 0 fully saturated rings. The van der Waals surface area contributed by atoms with Gasteiger partial charge in [-0.25, -0.2) is 9.97 Å². The van der Waals surface area contributed by atoms with E-state index in [1.165, 1.54) is 0 Å². The Hall–Kier alpha value is -4.17. The molecule has 0 amide bonds. The summed E-state index contributed by atoms with van der Waals surface area (Å²) in [5, 5.41) is 9.98. The smallest absolute Gasteiger partial charge is 0.249 e. The molecule has 3 aromatic carbocycles. The van der Waals surface area contributed by atoms with Crippen LogP contribution in [0.3, 0.4) is 0 Å². The van der Waals surface area contributed by atoms with E-state index >= 15 is 0 Å². The van der Waals surface area contributed by atoms with Gasteiger partial charge in [-0.1, -0.05) is 41.9 Å². The van der Waals surface area contributed by atoms with Crippen molar-refractivity contribution in [2.75, 3.05) is 14.2 Å². The molecule has 8 nitrogen and oxygen atoms in total. The van der Waals surface area contributed by atoms with E-state index in [9.17, 15) is 0 Å². The summed E-state index contributed by atoms with van der Waals surface area (Å²) >= 11 is 6.30. The van der Waals surface area contributed by atoms with Gasteiger partial charge in [0.2, 0.25) is 11.8 Å². The first-order chi connectivity index (χ1) is 16.7. The van der Waals surface area contributed by atoms with Gasteiger partial charge in [-0.05, 0) is 18.2 Å². The van der Waals surface area contributed by atoms with Crippen LogP contribution in [-0.2, 0) is 6.54 Å². The number of fused-ring (bicyclic) bond motifs is 4. The van der Waals surface area contributed by atoms with Crippen molar-refractivity contribution in [3.05, 3.63) is 71.6 Å². The third-order valence-electron chi connectivity index (χ3n) is 5.72. The normalized spacial score (nSPS) is 11.5. The third kappa shape index (κ3) is 3.22. The number of benzene rings is 3. The molecule has 168 valence electrons. The summed E-state index contributed by atoms with van der Waals surface area (Å²) in [6, 6.07) is 19.0. The van der Waals surface area contributed by atoms with Crippen molar-refractivity contribution in [1.82, 2.24) is 24.7 Å². The molecule has 0 saturated heterocycles. The average molecular weight is 472 g/mol. The van der Waals surface area contributed by atoms with Crippen LogP contribution in [0, 0.1) is 0 Å². The molecule has 0 aliphatic rings. The first-order valence-electron chi connectivity index (χ1n) is 10.5. The molecule has 6 rings (SSSR count). The number of ether oxygens (including phenoxy) is 2. The predicted octanol–water partition coefficient (Wildman–Crippen LogP) is 5.51. The van der Waals surface area contributed by atoms with Crippen LogP contribution in [0.25, 0.3) is 44.6 Å². The van der Waals surface area contributed by atoms with E-state index in [2.05, 4.69) is 10.2 Å². The van der Waals surface area contributed by atoms with Crippen molar-refractivity contribution in [1.29, 1.82) is 0 Å². The molecule has 0 aliphatic carbocycles. The quantitative estimate of drug-likeness (QED) is 0.327. The lowest BCUT2D eigenvalue weighted by Gasteiger charge is -2.09. The molecule has 0 saturated carbocycles. The molecular formula is C25H18ClN5O3. The van der Waals surface area contributed by atoms with Gasteiger partial charge in [0.1, 0.15) is 12.1 Å². The second kappa shape index (κ2) is 8.00. The topological polar surface area (TPSA) is 88.1 Å². The molecular weight excluding hydrogens is 454 g/mol. The summed E-state index contributed by atoms with van der Waals surface area (Å²) in [6.45, 7) is 0.328. The maximum absolute atomic E-state index is 6.30. The molecule has 34 heavy (non-hydrogen) atoms. The van der Waals surface area contributed by atoms with Crippen LogP contribution >= 0.6 is 11.6 Å². The predicted molar refractivity (Wildman–Crippen MR) is 129 cm³/mol. The van der Waals surface area contributed by atoms with E-state index in [0.29, 0.717) is 57.1 Å². The number of halogens is 1. The molecule has 3 aromatic heterocycles. The molecule has 3 heterocycles. The fraction of sp³-hybridized carbons (Fsp3) is 0.120. The Labute approximate surface area is 198 Å². The summed E-state index contributed by atoms with van der Waals surface area (Å²) < 4.78 is 18.9. The monoisotopic (exact) mass is 471 g/mol. The van der Waals surface area contributed by atoms with E-state index in [1.54, 1.807) is 20.3 Å². The van der Waals surface area contributed by atoms with Crippen LogP contribution in [0.2, 0.25) is 5.02 Å². The van der Waals surface area contributed by atoms with Gasteiger partial charge < -0.3 is 18.5 Å². The molecule has 0 spiro atoms. The van der Waals surface area contributed by atoms with Gasteiger partial charge in [0.15, 0.2) is 17.1 Å². The van der Waals surface area contributed by atoms with E-state index in [0.717, 1.165) is 16.4 Å². The Bertz CT molecular complexity index is 1690. The lowest BCUT2D eigenvalue weighted by molar-refractivity contribution is 0.355. The SMILES string of the molecule is COc1cc2nc3c4ccccc4n(Cc4nnc(-c5ccccc5Cl)o4)c3nc2cc1OC. The standard InChI is InChI=1S/C25H18ClN5O3/c1-32-20-11-17-18(12-21(20)33-2)28-24-23(27-17)15-8-4-6-10-19(15)31(24)13-22-29-30-25(34-22)14-7-3-5-9-16(14)26/h3-12H,13H2,1-2H3. The van der Waals surface area contributed by atoms with Crippen LogP contribution in [-0.4, -0.2) is 39.0 Å². The molecule has 0 unspecified atom stereocenters. The highest BCUT2D eigenvalue weighted by atomic mass is 35.5. The van der Waals surface area contributed by atoms with Crippen LogP contribution in [0.15, 0.2) is 65.1 Å². The van der Waals surface area contributed by atoms with Gasteiger partial charge in [0.25, 0.3) is 0 Å². The zero-order valence-corrected chi connectivity index (χ0v) is 19.1. The van der Waals surface area contributed by atoms with E-state index in [1.807, 2.05) is 59.2 Å². The summed E-state index contributed by atoms with van der Waals surface area (Å²) in [7, 11) is 3.20. The fourth-order valence-corrected chi connectivity index (χ4v) is 4.34. The summed E-state index contributed by atoms with van der Waals surface area (Å²) in [5.41, 5.74) is 4.55. The van der Waals surface area contributed by atoms with Crippen molar-refractivity contribution < 1.29 is 13.9 Å². The average Bonchev–Trinajstić information content (AvgIpc) is 3.45.